The van der Waals surface area contributed by atoms with Gasteiger partial charge in [0.2, 0.25) is 29.4 Å². The van der Waals surface area contributed by atoms with Gasteiger partial charge in [0, 0.05) is 44.9 Å². The number of piperidine rings is 1. The molecule has 6 atom stereocenters. The Bertz CT molecular complexity index is 1200. The van der Waals surface area contributed by atoms with Crippen molar-refractivity contribution in [2.45, 2.75) is 56.8 Å². The molecule has 5 N–H and O–H groups in total. The minimum atomic E-state index is -1.09. The lowest BCUT2D eigenvalue weighted by molar-refractivity contribution is -0.143. The van der Waals surface area contributed by atoms with Gasteiger partial charge < -0.3 is 31.5 Å². The Labute approximate surface area is 233 Å². The van der Waals surface area contributed by atoms with Crippen LogP contribution in [0.5, 0.6) is 0 Å². The zero-order valence-corrected chi connectivity index (χ0v) is 23.3. The second-order valence-electron chi connectivity index (χ2n) is 11.5. The Morgan fingerprint density at radius 3 is 2.30 bits per heavy atom. The summed E-state index contributed by atoms with van der Waals surface area (Å²) in [6.07, 6.45) is 2.07. The highest BCUT2D eigenvalue weighted by Gasteiger charge is 2.70. The van der Waals surface area contributed by atoms with Gasteiger partial charge in [-0.05, 0) is 24.8 Å². The lowest BCUT2D eigenvalue weighted by atomic mass is 10.0. The summed E-state index contributed by atoms with van der Waals surface area (Å²) >= 11 is 0. The molecule has 2 saturated carbocycles. The van der Waals surface area contributed by atoms with Crippen molar-refractivity contribution < 1.29 is 28.8 Å². The molecule has 5 amide bonds. The fraction of sp³-hybridized carbons (Fsp3) is 0.571. The molecule has 2 aliphatic carbocycles. The number of Topliss-reactive ketones (excluding diaryl/α,β-unsaturated/α-hetero) is 1. The van der Waals surface area contributed by atoms with Crippen LogP contribution in [0.15, 0.2) is 30.3 Å². The zero-order chi connectivity index (χ0) is 29.4. The van der Waals surface area contributed by atoms with Crippen molar-refractivity contribution in [3.8, 4) is 0 Å². The van der Waals surface area contributed by atoms with Crippen LogP contribution in [0.1, 0.15) is 44.7 Å². The smallest absolute Gasteiger partial charge is 0.290 e. The van der Waals surface area contributed by atoms with Crippen LogP contribution in [0.3, 0.4) is 0 Å². The maximum absolute atomic E-state index is 13.3. The summed E-state index contributed by atoms with van der Waals surface area (Å²) in [6.45, 7) is 3.08. The molecule has 1 aliphatic heterocycles. The van der Waals surface area contributed by atoms with Crippen LogP contribution < -0.4 is 21.7 Å². The Morgan fingerprint density at radius 1 is 1.07 bits per heavy atom. The topological polar surface area (TPSA) is 171 Å². The molecule has 1 saturated heterocycles. The third-order valence-electron chi connectivity index (χ3n) is 8.24. The van der Waals surface area contributed by atoms with Gasteiger partial charge in [-0.1, -0.05) is 43.2 Å². The number of nitrogens with two attached hydrogens (primary N) is 1. The standard InChI is InChI=1S/C28H38N6O6/c1-15(35)34-14-18-21(28(18,2)29)23(34)25(38)31-19(12-16-10-11-16)24(37)26(39)30-13-20(36)32-22(27(40)33(3)4)17-8-6-5-7-9-17/h5-9,16,18-19,21-23H,10-14,29H2,1-4H3,(H,30,39)(H,31,38)(H,32,36). The molecule has 3 fully saturated rings. The molecule has 1 heterocycles. The van der Waals surface area contributed by atoms with Crippen molar-refractivity contribution in [3.05, 3.63) is 35.9 Å². The molecule has 40 heavy (non-hydrogen) atoms. The average molecular weight is 555 g/mol. The molecule has 12 nitrogen and oxygen atoms in total. The highest BCUT2D eigenvalue weighted by atomic mass is 16.2. The second kappa shape index (κ2) is 11.4. The molecule has 216 valence electrons. The normalized spacial score (nSPS) is 26.1. The van der Waals surface area contributed by atoms with E-state index in [0.29, 0.717) is 18.5 Å². The Hall–Kier alpha value is -3.80. The molecule has 0 aromatic heterocycles. The molecular formula is C28H38N6O6. The van der Waals surface area contributed by atoms with Crippen molar-refractivity contribution >= 4 is 35.3 Å². The quantitative estimate of drug-likeness (QED) is 0.257. The van der Waals surface area contributed by atoms with Crippen LogP contribution in [0.2, 0.25) is 0 Å². The van der Waals surface area contributed by atoms with E-state index in [1.807, 2.05) is 6.92 Å². The molecule has 4 rings (SSSR count). The van der Waals surface area contributed by atoms with Gasteiger partial charge in [0.1, 0.15) is 12.1 Å². The number of carbonyl (C=O) groups is 6. The predicted octanol–water partition coefficient (Wildman–Crippen LogP) is -0.904. The van der Waals surface area contributed by atoms with E-state index in [0.717, 1.165) is 12.8 Å². The van der Waals surface area contributed by atoms with Gasteiger partial charge in [0.15, 0.2) is 0 Å². The highest BCUT2D eigenvalue weighted by molar-refractivity contribution is 6.38. The average Bonchev–Trinajstić information content (AvgIpc) is 3.76. The van der Waals surface area contributed by atoms with Gasteiger partial charge >= 0.3 is 0 Å². The summed E-state index contributed by atoms with van der Waals surface area (Å²) in [5, 5.41) is 7.64. The van der Waals surface area contributed by atoms with E-state index in [-0.39, 0.29) is 29.6 Å². The molecule has 0 radical (unpaired) electrons. The van der Waals surface area contributed by atoms with E-state index in [1.54, 1.807) is 44.4 Å². The summed E-state index contributed by atoms with van der Waals surface area (Å²) in [5.74, 6) is -3.65. The van der Waals surface area contributed by atoms with Crippen LogP contribution in [0.25, 0.3) is 0 Å². The van der Waals surface area contributed by atoms with Crippen LogP contribution in [0.4, 0.5) is 0 Å². The molecule has 6 unspecified atom stereocenters. The lowest BCUT2D eigenvalue weighted by Gasteiger charge is -2.30. The number of benzene rings is 1. The molecule has 12 heteroatoms. The Morgan fingerprint density at radius 2 is 1.73 bits per heavy atom. The number of rotatable bonds is 11. The van der Waals surface area contributed by atoms with Crippen LogP contribution in [-0.2, 0) is 28.8 Å². The number of fused-ring (bicyclic) bond motifs is 1. The summed E-state index contributed by atoms with van der Waals surface area (Å²) < 4.78 is 0. The highest BCUT2D eigenvalue weighted by Crippen LogP contribution is 2.56. The largest absolute Gasteiger partial charge is 0.347 e. The second-order valence-corrected chi connectivity index (χ2v) is 11.5. The summed E-state index contributed by atoms with van der Waals surface area (Å²) in [6, 6.07) is 5.81. The summed E-state index contributed by atoms with van der Waals surface area (Å²) in [7, 11) is 3.13. The number of hydrogen-bond acceptors (Lipinski definition) is 7. The maximum atomic E-state index is 13.3. The number of likely N-dealkylation sites (N-methyl/N-ethyl adjacent to an activating group) is 1. The molecular weight excluding hydrogens is 516 g/mol. The van der Waals surface area contributed by atoms with Crippen molar-refractivity contribution in [1.29, 1.82) is 0 Å². The number of nitrogens with zero attached hydrogens (tertiary/aromatic N) is 2. The molecule has 3 aliphatic rings. The predicted molar refractivity (Wildman–Crippen MR) is 144 cm³/mol. The van der Waals surface area contributed by atoms with Gasteiger partial charge in [-0.15, -0.1) is 0 Å². The first-order valence-electron chi connectivity index (χ1n) is 13.6. The summed E-state index contributed by atoms with van der Waals surface area (Å²) in [5.41, 5.74) is 6.30. The van der Waals surface area contributed by atoms with Crippen LogP contribution >= 0.6 is 0 Å². The van der Waals surface area contributed by atoms with Crippen molar-refractivity contribution in [2.24, 2.45) is 23.5 Å². The molecule has 0 spiro atoms. The number of carbonyl (C=O) groups excluding carboxylic acids is 6. The maximum Gasteiger partial charge on any atom is 0.290 e. The number of likely N-dealkylation sites (tertiary alicyclic amines) is 1. The number of hydrogen-bond donors (Lipinski definition) is 4. The van der Waals surface area contributed by atoms with E-state index in [4.69, 9.17) is 5.73 Å². The lowest BCUT2D eigenvalue weighted by Crippen LogP contribution is -2.56. The first kappa shape index (κ1) is 29.2. The fourth-order valence-electron chi connectivity index (χ4n) is 5.66. The van der Waals surface area contributed by atoms with Crippen molar-refractivity contribution in [1.82, 2.24) is 25.8 Å². The molecule has 0 bridgehead atoms. The van der Waals surface area contributed by atoms with E-state index in [1.165, 1.54) is 16.7 Å². The third-order valence-corrected chi connectivity index (χ3v) is 8.24. The van der Waals surface area contributed by atoms with E-state index in [9.17, 15) is 28.8 Å². The van der Waals surface area contributed by atoms with Gasteiger partial charge in [0.25, 0.3) is 5.91 Å². The van der Waals surface area contributed by atoms with Crippen LogP contribution in [-0.4, -0.2) is 89.9 Å². The Balaban J connectivity index is 1.37. The number of amides is 5. The van der Waals surface area contributed by atoms with Gasteiger partial charge in [-0.2, -0.15) is 0 Å². The Kier molecular flexibility index (Phi) is 8.29. The summed E-state index contributed by atoms with van der Waals surface area (Å²) in [4.78, 5) is 79.5. The number of nitrogens with one attached hydrogen (secondary N) is 3. The fourth-order valence-corrected chi connectivity index (χ4v) is 5.66. The monoisotopic (exact) mass is 554 g/mol. The first-order valence-corrected chi connectivity index (χ1v) is 13.6. The van der Waals surface area contributed by atoms with Gasteiger partial charge in [-0.3, -0.25) is 28.8 Å². The van der Waals surface area contributed by atoms with E-state index in [2.05, 4.69) is 16.0 Å². The first-order chi connectivity index (χ1) is 18.8. The van der Waals surface area contributed by atoms with Gasteiger partial charge in [0.05, 0.1) is 12.6 Å². The minimum absolute atomic E-state index is 0.00522. The SMILES string of the molecule is CC(=O)N1CC2C(C1C(=O)NC(CC1CC1)C(=O)C(=O)NCC(=O)NC(C(=O)N(C)C)c1ccccc1)C2(C)N. The number of ketones is 1. The van der Waals surface area contributed by atoms with Crippen molar-refractivity contribution in [3.63, 3.8) is 0 Å². The van der Waals surface area contributed by atoms with E-state index >= 15 is 0 Å². The molecule has 1 aromatic carbocycles. The van der Waals surface area contributed by atoms with Crippen molar-refractivity contribution in [2.75, 3.05) is 27.2 Å². The zero-order valence-electron chi connectivity index (χ0n) is 23.3. The molecule has 1 aromatic rings. The van der Waals surface area contributed by atoms with E-state index < -0.39 is 53.7 Å². The van der Waals surface area contributed by atoms with Crippen LogP contribution in [0, 0.1) is 17.8 Å². The van der Waals surface area contributed by atoms with Gasteiger partial charge in [-0.25, -0.2) is 0 Å². The third kappa shape index (κ3) is 6.16. The minimum Gasteiger partial charge on any atom is -0.347 e.